The van der Waals surface area contributed by atoms with Crippen molar-refractivity contribution >= 4 is 29.2 Å². The minimum Gasteiger partial charge on any atom is -0.452 e. The molecule has 0 heterocycles. The molecule has 6 heteroatoms. The third-order valence-corrected chi connectivity index (χ3v) is 4.66. The SMILES string of the molecule is CC(=O)Nc1ccc(NC(=O)[C@@H](C)OC(=O)Cc2ccc3c(c2)CCC3)cc1. The lowest BCUT2D eigenvalue weighted by molar-refractivity contribution is -0.152. The summed E-state index contributed by atoms with van der Waals surface area (Å²) in [4.78, 5) is 35.5. The lowest BCUT2D eigenvalue weighted by Crippen LogP contribution is -2.30. The number of fused-ring (bicyclic) bond motifs is 1. The maximum absolute atomic E-state index is 12.3. The van der Waals surface area contributed by atoms with Gasteiger partial charge >= 0.3 is 5.97 Å². The maximum Gasteiger partial charge on any atom is 0.311 e. The van der Waals surface area contributed by atoms with Gasteiger partial charge in [0.2, 0.25) is 5.91 Å². The molecule has 2 amide bonds. The Kier molecular flexibility index (Phi) is 6.09. The number of hydrogen-bond donors (Lipinski definition) is 2. The summed E-state index contributed by atoms with van der Waals surface area (Å²) in [6, 6.07) is 12.8. The van der Waals surface area contributed by atoms with E-state index in [1.165, 1.54) is 18.1 Å². The van der Waals surface area contributed by atoms with Crippen molar-refractivity contribution in [2.24, 2.45) is 0 Å². The van der Waals surface area contributed by atoms with Gasteiger partial charge in [0.05, 0.1) is 6.42 Å². The predicted molar refractivity (Wildman–Crippen MR) is 107 cm³/mol. The van der Waals surface area contributed by atoms with E-state index in [1.807, 2.05) is 6.07 Å². The Morgan fingerprint density at radius 2 is 1.61 bits per heavy atom. The van der Waals surface area contributed by atoms with Crippen LogP contribution >= 0.6 is 0 Å². The third kappa shape index (κ3) is 5.19. The standard InChI is InChI=1S/C22H24N2O4/c1-14(22(27)24-20-10-8-19(9-11-20)23-15(2)25)28-21(26)13-16-6-7-17-4-3-5-18(17)12-16/h6-12,14H,3-5,13H2,1-2H3,(H,23,25)(H,24,27)/t14-/m1/s1. The molecule has 0 unspecified atom stereocenters. The van der Waals surface area contributed by atoms with Crippen molar-refractivity contribution in [3.8, 4) is 0 Å². The second-order valence-corrected chi connectivity index (χ2v) is 7.01. The Labute approximate surface area is 164 Å². The molecule has 0 aliphatic heterocycles. The number of ether oxygens (including phenoxy) is 1. The number of nitrogens with one attached hydrogen (secondary N) is 2. The molecule has 0 saturated carbocycles. The molecule has 0 bridgehead atoms. The summed E-state index contributed by atoms with van der Waals surface area (Å²) < 4.78 is 5.28. The largest absolute Gasteiger partial charge is 0.452 e. The molecule has 0 fully saturated rings. The van der Waals surface area contributed by atoms with Crippen molar-refractivity contribution in [2.75, 3.05) is 10.6 Å². The van der Waals surface area contributed by atoms with E-state index in [9.17, 15) is 14.4 Å². The average molecular weight is 380 g/mol. The van der Waals surface area contributed by atoms with Crippen LogP contribution in [0.1, 0.15) is 37.0 Å². The highest BCUT2D eigenvalue weighted by Gasteiger charge is 2.19. The molecule has 0 radical (unpaired) electrons. The number of carbonyl (C=O) groups is 3. The quantitative estimate of drug-likeness (QED) is 0.754. The number of rotatable bonds is 6. The van der Waals surface area contributed by atoms with E-state index >= 15 is 0 Å². The van der Waals surface area contributed by atoms with Gasteiger partial charge in [-0.3, -0.25) is 14.4 Å². The van der Waals surface area contributed by atoms with Gasteiger partial charge in [0.25, 0.3) is 5.91 Å². The molecule has 2 aromatic rings. The van der Waals surface area contributed by atoms with Gasteiger partial charge in [0.1, 0.15) is 0 Å². The van der Waals surface area contributed by atoms with Gasteiger partial charge in [-0.25, -0.2) is 0 Å². The first kappa shape index (κ1) is 19.6. The molecule has 6 nitrogen and oxygen atoms in total. The average Bonchev–Trinajstić information content (AvgIpc) is 3.10. The van der Waals surface area contributed by atoms with Crippen LogP contribution in [-0.2, 0) is 38.4 Å². The summed E-state index contributed by atoms with van der Waals surface area (Å²) in [6.07, 6.45) is 2.56. The topological polar surface area (TPSA) is 84.5 Å². The first-order valence-corrected chi connectivity index (χ1v) is 9.39. The molecule has 1 atom stereocenters. The highest BCUT2D eigenvalue weighted by molar-refractivity contribution is 5.95. The van der Waals surface area contributed by atoms with Crippen LogP contribution in [0.15, 0.2) is 42.5 Å². The minimum atomic E-state index is -0.906. The van der Waals surface area contributed by atoms with Gasteiger partial charge in [-0.1, -0.05) is 18.2 Å². The molecule has 2 N–H and O–H groups in total. The predicted octanol–water partition coefficient (Wildman–Crippen LogP) is 3.25. The van der Waals surface area contributed by atoms with Crippen LogP contribution in [0, 0.1) is 0 Å². The van der Waals surface area contributed by atoms with Gasteiger partial charge in [-0.15, -0.1) is 0 Å². The van der Waals surface area contributed by atoms with Crippen LogP contribution in [0.3, 0.4) is 0 Å². The molecule has 2 aromatic carbocycles. The van der Waals surface area contributed by atoms with E-state index in [-0.39, 0.29) is 12.3 Å². The van der Waals surface area contributed by atoms with Crippen LogP contribution in [-0.4, -0.2) is 23.9 Å². The van der Waals surface area contributed by atoms with Gasteiger partial charge in [0, 0.05) is 18.3 Å². The molecule has 146 valence electrons. The number of esters is 1. The van der Waals surface area contributed by atoms with Crippen LogP contribution in [0.5, 0.6) is 0 Å². The smallest absolute Gasteiger partial charge is 0.311 e. The molecule has 1 aliphatic carbocycles. The summed E-state index contributed by atoms with van der Waals surface area (Å²) in [5, 5.41) is 5.35. The summed E-state index contributed by atoms with van der Waals surface area (Å²) >= 11 is 0. The fourth-order valence-electron chi connectivity index (χ4n) is 3.28. The zero-order valence-corrected chi connectivity index (χ0v) is 16.1. The highest BCUT2D eigenvalue weighted by atomic mass is 16.5. The monoisotopic (exact) mass is 380 g/mol. The van der Waals surface area contributed by atoms with Gasteiger partial charge in [-0.05, 0) is 67.1 Å². The van der Waals surface area contributed by atoms with Crippen molar-refractivity contribution < 1.29 is 19.1 Å². The minimum absolute atomic E-state index is 0.149. The number of hydrogen-bond acceptors (Lipinski definition) is 4. The Hall–Kier alpha value is -3.15. The summed E-state index contributed by atoms with van der Waals surface area (Å²) in [6.45, 7) is 2.97. The molecular formula is C22H24N2O4. The Balaban J connectivity index is 1.50. The molecule has 3 rings (SSSR count). The normalized spacial score (nSPS) is 13.4. The molecule has 0 spiro atoms. The van der Waals surface area contributed by atoms with Gasteiger partial charge in [0.15, 0.2) is 6.10 Å². The number of benzene rings is 2. The summed E-state index contributed by atoms with van der Waals surface area (Å²) in [5.41, 5.74) is 4.76. The molecule has 0 saturated heterocycles. The second kappa shape index (κ2) is 8.69. The van der Waals surface area contributed by atoms with E-state index in [1.54, 1.807) is 31.2 Å². The second-order valence-electron chi connectivity index (χ2n) is 7.01. The molecule has 1 aliphatic rings. The first-order valence-electron chi connectivity index (χ1n) is 9.39. The third-order valence-electron chi connectivity index (χ3n) is 4.66. The first-order chi connectivity index (χ1) is 13.4. The van der Waals surface area contributed by atoms with Crippen molar-refractivity contribution in [2.45, 2.75) is 45.6 Å². The summed E-state index contributed by atoms with van der Waals surface area (Å²) in [5.74, 6) is -1.00. The molecular weight excluding hydrogens is 356 g/mol. The zero-order valence-electron chi connectivity index (χ0n) is 16.1. The zero-order chi connectivity index (χ0) is 20.1. The number of carbonyl (C=O) groups excluding carboxylic acids is 3. The van der Waals surface area contributed by atoms with E-state index in [0.29, 0.717) is 11.4 Å². The van der Waals surface area contributed by atoms with E-state index < -0.39 is 18.0 Å². The lowest BCUT2D eigenvalue weighted by Gasteiger charge is -2.14. The number of anilines is 2. The fourth-order valence-corrected chi connectivity index (χ4v) is 3.28. The number of amides is 2. The Morgan fingerprint density at radius 3 is 2.29 bits per heavy atom. The molecule has 28 heavy (non-hydrogen) atoms. The Bertz CT molecular complexity index is 890. The van der Waals surface area contributed by atoms with Crippen molar-refractivity contribution in [1.29, 1.82) is 0 Å². The lowest BCUT2D eigenvalue weighted by atomic mass is 10.0. The van der Waals surface area contributed by atoms with Crippen molar-refractivity contribution in [3.05, 3.63) is 59.2 Å². The van der Waals surface area contributed by atoms with Crippen molar-refractivity contribution in [1.82, 2.24) is 0 Å². The maximum atomic E-state index is 12.3. The van der Waals surface area contributed by atoms with Crippen LogP contribution in [0.2, 0.25) is 0 Å². The van der Waals surface area contributed by atoms with E-state index in [0.717, 1.165) is 24.8 Å². The highest BCUT2D eigenvalue weighted by Crippen LogP contribution is 2.23. The van der Waals surface area contributed by atoms with Crippen LogP contribution < -0.4 is 10.6 Å². The number of aryl methyl sites for hydroxylation is 2. The van der Waals surface area contributed by atoms with Crippen molar-refractivity contribution in [3.63, 3.8) is 0 Å². The summed E-state index contributed by atoms with van der Waals surface area (Å²) in [7, 11) is 0. The van der Waals surface area contributed by atoms with E-state index in [4.69, 9.17) is 4.74 Å². The Morgan fingerprint density at radius 1 is 0.964 bits per heavy atom. The van der Waals surface area contributed by atoms with Crippen LogP contribution in [0.4, 0.5) is 11.4 Å². The van der Waals surface area contributed by atoms with E-state index in [2.05, 4.69) is 22.8 Å². The van der Waals surface area contributed by atoms with Gasteiger partial charge < -0.3 is 15.4 Å². The van der Waals surface area contributed by atoms with Crippen LogP contribution in [0.25, 0.3) is 0 Å². The van der Waals surface area contributed by atoms with Gasteiger partial charge in [-0.2, -0.15) is 0 Å². The molecule has 0 aromatic heterocycles. The fraction of sp³-hybridized carbons (Fsp3) is 0.318.